The van der Waals surface area contributed by atoms with Crippen LogP contribution in [0.15, 0.2) is 12.2 Å². The monoisotopic (exact) mass is 201 g/mol. The van der Waals surface area contributed by atoms with Crippen molar-refractivity contribution in [3.63, 3.8) is 0 Å². The number of amides is 1. The predicted molar refractivity (Wildman–Crippen MR) is 50.9 cm³/mol. The van der Waals surface area contributed by atoms with E-state index in [4.69, 9.17) is 9.84 Å². The van der Waals surface area contributed by atoms with E-state index in [9.17, 15) is 9.59 Å². The molecule has 1 atom stereocenters. The van der Waals surface area contributed by atoms with Crippen LogP contribution in [-0.2, 0) is 14.3 Å². The van der Waals surface area contributed by atoms with Crippen LogP contribution in [-0.4, -0.2) is 36.7 Å². The van der Waals surface area contributed by atoms with Crippen LogP contribution in [0, 0.1) is 0 Å². The van der Waals surface area contributed by atoms with Gasteiger partial charge in [-0.2, -0.15) is 0 Å². The highest BCUT2D eigenvalue weighted by Gasteiger charge is 2.12. The molecule has 0 bridgehead atoms. The zero-order valence-corrected chi connectivity index (χ0v) is 8.32. The SMILES string of the molecule is C/C=C/C(=O)NCC(CC(=O)O)OC. The maximum Gasteiger partial charge on any atom is 0.306 e. The average molecular weight is 201 g/mol. The Morgan fingerprint density at radius 1 is 1.57 bits per heavy atom. The Morgan fingerprint density at radius 2 is 2.21 bits per heavy atom. The first-order valence-corrected chi connectivity index (χ1v) is 4.25. The Hall–Kier alpha value is -1.36. The van der Waals surface area contributed by atoms with Gasteiger partial charge in [-0.1, -0.05) is 6.08 Å². The summed E-state index contributed by atoms with van der Waals surface area (Å²) in [6.45, 7) is 1.93. The summed E-state index contributed by atoms with van der Waals surface area (Å²) in [5.41, 5.74) is 0. The molecule has 0 spiro atoms. The molecule has 0 saturated carbocycles. The molecule has 0 heterocycles. The summed E-state index contributed by atoms with van der Waals surface area (Å²) in [6.07, 6.45) is 2.37. The van der Waals surface area contributed by atoms with Gasteiger partial charge in [-0.05, 0) is 13.0 Å². The number of carboxylic acid groups (broad SMARTS) is 1. The Balaban J connectivity index is 3.83. The first-order valence-electron chi connectivity index (χ1n) is 4.25. The molecule has 0 aromatic heterocycles. The Morgan fingerprint density at radius 3 is 2.64 bits per heavy atom. The molecular formula is C9H15NO4. The number of hydrogen-bond donors (Lipinski definition) is 2. The lowest BCUT2D eigenvalue weighted by Crippen LogP contribution is -2.33. The first kappa shape index (κ1) is 12.6. The average Bonchev–Trinajstić information content (AvgIpc) is 2.12. The molecule has 5 heteroatoms. The largest absolute Gasteiger partial charge is 0.481 e. The van der Waals surface area contributed by atoms with E-state index in [-0.39, 0.29) is 18.9 Å². The van der Waals surface area contributed by atoms with Gasteiger partial charge >= 0.3 is 5.97 Å². The molecule has 0 aromatic carbocycles. The third-order valence-electron chi connectivity index (χ3n) is 1.56. The minimum absolute atomic E-state index is 0.118. The fourth-order valence-corrected chi connectivity index (χ4v) is 0.858. The molecule has 0 aliphatic rings. The molecule has 1 amide bonds. The smallest absolute Gasteiger partial charge is 0.306 e. The molecule has 0 radical (unpaired) electrons. The van der Waals surface area contributed by atoms with E-state index < -0.39 is 12.1 Å². The van der Waals surface area contributed by atoms with Gasteiger partial charge in [-0.15, -0.1) is 0 Å². The van der Waals surface area contributed by atoms with Crippen molar-refractivity contribution >= 4 is 11.9 Å². The van der Waals surface area contributed by atoms with Crippen LogP contribution in [0.5, 0.6) is 0 Å². The van der Waals surface area contributed by atoms with Crippen molar-refractivity contribution in [1.82, 2.24) is 5.32 Å². The fourth-order valence-electron chi connectivity index (χ4n) is 0.858. The van der Waals surface area contributed by atoms with Crippen molar-refractivity contribution in [2.24, 2.45) is 0 Å². The van der Waals surface area contributed by atoms with Crippen molar-refractivity contribution < 1.29 is 19.4 Å². The van der Waals surface area contributed by atoms with Gasteiger partial charge in [0.2, 0.25) is 5.91 Å². The molecular weight excluding hydrogens is 186 g/mol. The van der Waals surface area contributed by atoms with E-state index in [1.165, 1.54) is 13.2 Å². The van der Waals surface area contributed by atoms with Crippen molar-refractivity contribution in [2.45, 2.75) is 19.4 Å². The molecule has 80 valence electrons. The van der Waals surface area contributed by atoms with E-state index >= 15 is 0 Å². The molecule has 0 aliphatic heterocycles. The second-order valence-corrected chi connectivity index (χ2v) is 2.70. The van der Waals surface area contributed by atoms with Gasteiger partial charge in [0.15, 0.2) is 0 Å². The van der Waals surface area contributed by atoms with Crippen LogP contribution < -0.4 is 5.32 Å². The molecule has 0 rings (SSSR count). The normalized spacial score (nSPS) is 12.7. The topological polar surface area (TPSA) is 75.6 Å². The lowest BCUT2D eigenvalue weighted by molar-refractivity contribution is -0.140. The van der Waals surface area contributed by atoms with E-state index in [1.807, 2.05) is 0 Å². The number of nitrogens with one attached hydrogen (secondary N) is 1. The summed E-state index contributed by atoms with van der Waals surface area (Å²) < 4.78 is 4.87. The third kappa shape index (κ3) is 6.19. The first-order chi connectivity index (χ1) is 6.60. The summed E-state index contributed by atoms with van der Waals surface area (Å²) in [5, 5.41) is 11.0. The number of carbonyl (C=O) groups excluding carboxylic acids is 1. The standard InChI is InChI=1S/C9H15NO4/c1-3-4-8(11)10-6-7(14-2)5-9(12)13/h3-4,7H,5-6H2,1-2H3,(H,10,11)(H,12,13)/b4-3+. The van der Waals surface area contributed by atoms with Gasteiger partial charge in [0.1, 0.15) is 0 Å². The van der Waals surface area contributed by atoms with Crippen LogP contribution in [0.2, 0.25) is 0 Å². The van der Waals surface area contributed by atoms with Crippen LogP contribution in [0.25, 0.3) is 0 Å². The van der Waals surface area contributed by atoms with E-state index in [1.54, 1.807) is 13.0 Å². The van der Waals surface area contributed by atoms with Crippen molar-refractivity contribution in [3.05, 3.63) is 12.2 Å². The number of allylic oxidation sites excluding steroid dienone is 1. The second-order valence-electron chi connectivity index (χ2n) is 2.70. The Kier molecular flexibility index (Phi) is 6.39. The van der Waals surface area contributed by atoms with Crippen LogP contribution in [0.4, 0.5) is 0 Å². The van der Waals surface area contributed by atoms with Gasteiger partial charge in [0.05, 0.1) is 12.5 Å². The molecule has 14 heavy (non-hydrogen) atoms. The number of hydrogen-bond acceptors (Lipinski definition) is 3. The maximum absolute atomic E-state index is 10.9. The molecule has 2 N–H and O–H groups in total. The highest BCUT2D eigenvalue weighted by atomic mass is 16.5. The third-order valence-corrected chi connectivity index (χ3v) is 1.56. The lowest BCUT2D eigenvalue weighted by Gasteiger charge is -2.12. The highest BCUT2D eigenvalue weighted by molar-refractivity contribution is 5.87. The minimum atomic E-state index is -0.947. The van der Waals surface area contributed by atoms with Crippen molar-refractivity contribution in [2.75, 3.05) is 13.7 Å². The highest BCUT2D eigenvalue weighted by Crippen LogP contribution is 1.95. The summed E-state index contributed by atoms with van der Waals surface area (Å²) >= 11 is 0. The van der Waals surface area contributed by atoms with Gasteiger partial charge in [-0.25, -0.2) is 0 Å². The summed E-state index contributed by atoms with van der Waals surface area (Å²) in [5.74, 6) is -1.20. The molecule has 1 unspecified atom stereocenters. The van der Waals surface area contributed by atoms with Gasteiger partial charge in [0.25, 0.3) is 0 Å². The van der Waals surface area contributed by atoms with Crippen molar-refractivity contribution in [3.8, 4) is 0 Å². The van der Waals surface area contributed by atoms with Gasteiger partial charge in [-0.3, -0.25) is 9.59 Å². The predicted octanol–water partition coefficient (Wildman–Crippen LogP) is 0.168. The second kappa shape index (κ2) is 7.08. The van der Waals surface area contributed by atoms with Crippen molar-refractivity contribution in [1.29, 1.82) is 0 Å². The number of aliphatic carboxylic acids is 1. The lowest BCUT2D eigenvalue weighted by atomic mass is 10.2. The van der Waals surface area contributed by atoms with E-state index in [0.29, 0.717) is 0 Å². The van der Waals surface area contributed by atoms with E-state index in [0.717, 1.165) is 0 Å². The van der Waals surface area contributed by atoms with Crippen LogP contribution in [0.3, 0.4) is 0 Å². The summed E-state index contributed by atoms with van der Waals surface area (Å²) in [6, 6.07) is 0. The zero-order valence-electron chi connectivity index (χ0n) is 8.32. The molecule has 0 saturated heterocycles. The van der Waals surface area contributed by atoms with E-state index in [2.05, 4.69) is 5.32 Å². The summed E-state index contributed by atoms with van der Waals surface area (Å²) in [7, 11) is 1.41. The number of ether oxygens (including phenoxy) is 1. The molecule has 5 nitrogen and oxygen atoms in total. The van der Waals surface area contributed by atoms with Crippen LogP contribution >= 0.6 is 0 Å². The summed E-state index contributed by atoms with van der Waals surface area (Å²) in [4.78, 5) is 21.3. The van der Waals surface area contributed by atoms with Gasteiger partial charge in [0, 0.05) is 13.7 Å². The molecule has 0 aliphatic carbocycles. The minimum Gasteiger partial charge on any atom is -0.481 e. The van der Waals surface area contributed by atoms with Gasteiger partial charge < -0.3 is 15.2 Å². The zero-order chi connectivity index (χ0) is 11.0. The molecule has 0 fully saturated rings. The fraction of sp³-hybridized carbons (Fsp3) is 0.556. The number of carbonyl (C=O) groups is 2. The quantitative estimate of drug-likeness (QED) is 0.600. The van der Waals surface area contributed by atoms with Crippen LogP contribution in [0.1, 0.15) is 13.3 Å². The molecule has 0 aromatic rings. The number of rotatable bonds is 6. The number of methoxy groups -OCH3 is 1. The maximum atomic E-state index is 10.9. The Labute approximate surface area is 82.7 Å². The number of carboxylic acids is 1. The Bertz CT molecular complexity index is 225.